The zero-order valence-corrected chi connectivity index (χ0v) is 23.0. The summed E-state index contributed by atoms with van der Waals surface area (Å²) in [5.41, 5.74) is -1.93. The molecule has 3 aromatic carbocycles. The topological polar surface area (TPSA) is 75.7 Å². The molecule has 0 saturated carbocycles. The van der Waals surface area contributed by atoms with Gasteiger partial charge in [0.2, 0.25) is 5.91 Å². The van der Waals surface area contributed by atoms with Crippen molar-refractivity contribution in [1.29, 1.82) is 0 Å². The molecule has 12 heteroatoms. The monoisotopic (exact) mass is 606 g/mol. The van der Waals surface area contributed by atoms with Crippen molar-refractivity contribution in [2.24, 2.45) is 0 Å². The third-order valence-electron chi connectivity index (χ3n) is 7.09. The van der Waals surface area contributed by atoms with E-state index in [0.29, 0.717) is 11.1 Å². The van der Waals surface area contributed by atoms with Gasteiger partial charge in [0.1, 0.15) is 12.3 Å². The van der Waals surface area contributed by atoms with Crippen LogP contribution < -0.4 is 10.1 Å². The average Bonchev–Trinajstić information content (AvgIpc) is 3.25. The number of rotatable bonds is 11. The van der Waals surface area contributed by atoms with E-state index in [2.05, 4.69) is 0 Å². The Kier molecular flexibility index (Phi) is 9.17. The molecule has 0 aromatic heterocycles. The van der Waals surface area contributed by atoms with Crippen LogP contribution in [-0.2, 0) is 16.9 Å². The molecule has 43 heavy (non-hydrogen) atoms. The minimum absolute atomic E-state index is 0.00302. The van der Waals surface area contributed by atoms with Gasteiger partial charge in [-0.15, -0.1) is 0 Å². The van der Waals surface area contributed by atoms with E-state index in [1.165, 1.54) is 12.1 Å². The molecule has 3 aromatic rings. The number of alkyl halides is 6. The van der Waals surface area contributed by atoms with Crippen LogP contribution in [0.25, 0.3) is 0 Å². The van der Waals surface area contributed by atoms with Crippen molar-refractivity contribution in [3.63, 3.8) is 0 Å². The van der Waals surface area contributed by atoms with Crippen molar-refractivity contribution >= 4 is 17.6 Å². The summed E-state index contributed by atoms with van der Waals surface area (Å²) in [5, 5.41) is 2.02. The van der Waals surface area contributed by atoms with E-state index in [-0.39, 0.29) is 30.9 Å². The summed E-state index contributed by atoms with van der Waals surface area (Å²) >= 11 is 0. The zero-order valence-electron chi connectivity index (χ0n) is 23.0. The smallest absolute Gasteiger partial charge is 0.416 e. The van der Waals surface area contributed by atoms with E-state index >= 15 is 13.2 Å². The molecule has 1 heterocycles. The molecule has 0 bridgehead atoms. The maximum absolute atomic E-state index is 15.0. The first-order valence-corrected chi connectivity index (χ1v) is 13.3. The number of carbonyl (C=O) groups is 3. The van der Waals surface area contributed by atoms with E-state index in [1.807, 2.05) is 5.32 Å². The molecule has 1 aliphatic heterocycles. The molecular formula is C31H28F6N2O4. The van der Waals surface area contributed by atoms with Crippen molar-refractivity contribution in [3.05, 3.63) is 101 Å². The minimum atomic E-state index is -5.18. The number of nitrogens with one attached hydrogen (secondary N) is 1. The van der Waals surface area contributed by atoms with E-state index in [0.717, 1.165) is 34.7 Å². The highest BCUT2D eigenvalue weighted by molar-refractivity contribution is 6.00. The highest BCUT2D eigenvalue weighted by Gasteiger charge is 2.58. The molecule has 0 aliphatic carbocycles. The first-order chi connectivity index (χ1) is 20.2. The van der Waals surface area contributed by atoms with Crippen LogP contribution in [0.15, 0.2) is 72.8 Å². The number of hydrogen-bond acceptors (Lipinski definition) is 4. The van der Waals surface area contributed by atoms with Gasteiger partial charge < -0.3 is 15.0 Å². The second kappa shape index (κ2) is 12.5. The molecule has 0 fully saturated rings. The highest BCUT2D eigenvalue weighted by atomic mass is 19.4. The van der Waals surface area contributed by atoms with Crippen LogP contribution in [0.1, 0.15) is 56.7 Å². The number of nitrogens with zero attached hydrogens (tertiary/aromatic N) is 1. The van der Waals surface area contributed by atoms with Gasteiger partial charge in [-0.1, -0.05) is 60.2 Å². The van der Waals surface area contributed by atoms with Crippen molar-refractivity contribution < 1.29 is 45.5 Å². The molecule has 0 spiro atoms. The predicted octanol–water partition coefficient (Wildman–Crippen LogP) is 6.52. The first kappa shape index (κ1) is 31.6. The van der Waals surface area contributed by atoms with E-state index in [9.17, 15) is 27.6 Å². The van der Waals surface area contributed by atoms with Crippen LogP contribution in [0, 0.1) is 6.92 Å². The van der Waals surface area contributed by atoms with Crippen LogP contribution in [0.3, 0.4) is 0 Å². The summed E-state index contributed by atoms with van der Waals surface area (Å²) in [5.74, 6) is -2.53. The van der Waals surface area contributed by atoms with Crippen LogP contribution in [0.4, 0.5) is 26.3 Å². The summed E-state index contributed by atoms with van der Waals surface area (Å²) in [4.78, 5) is 40.3. The minimum Gasteiger partial charge on any atom is -0.494 e. The Morgan fingerprint density at radius 3 is 2.16 bits per heavy atom. The number of halogens is 6. The second-order valence-corrected chi connectivity index (χ2v) is 10.3. The number of ketones is 1. The van der Waals surface area contributed by atoms with Crippen LogP contribution in [-0.4, -0.2) is 48.0 Å². The molecule has 4 rings (SSSR count). The van der Waals surface area contributed by atoms with Gasteiger partial charge in [0.25, 0.3) is 5.91 Å². The van der Waals surface area contributed by atoms with Crippen molar-refractivity contribution in [1.82, 2.24) is 10.2 Å². The highest BCUT2D eigenvalue weighted by Crippen LogP contribution is 2.43. The van der Waals surface area contributed by atoms with Gasteiger partial charge in [0, 0.05) is 30.5 Å². The summed E-state index contributed by atoms with van der Waals surface area (Å²) in [6, 6.07) is 16.8. The van der Waals surface area contributed by atoms with E-state index in [4.69, 9.17) is 4.74 Å². The lowest BCUT2D eigenvalue weighted by atomic mass is 9.82. The number of hydrogen-bond donors (Lipinski definition) is 1. The van der Waals surface area contributed by atoms with Gasteiger partial charge in [0.05, 0.1) is 6.61 Å². The summed E-state index contributed by atoms with van der Waals surface area (Å²) < 4.78 is 87.6. The fourth-order valence-corrected chi connectivity index (χ4v) is 4.83. The lowest BCUT2D eigenvalue weighted by Crippen LogP contribution is -2.58. The number of Topliss-reactive ketones (excluding diaryl/α,β-unsaturated/α-hetero) is 1. The average molecular weight is 607 g/mol. The number of benzene rings is 3. The molecular weight excluding hydrogens is 578 g/mol. The van der Waals surface area contributed by atoms with Crippen LogP contribution in [0.2, 0.25) is 0 Å². The Labute approximate surface area is 243 Å². The van der Waals surface area contributed by atoms with Crippen molar-refractivity contribution in [2.45, 2.75) is 50.6 Å². The summed E-state index contributed by atoms with van der Waals surface area (Å²) in [7, 11) is 0. The maximum atomic E-state index is 15.0. The Morgan fingerprint density at radius 1 is 0.907 bits per heavy atom. The number of aryl methyl sites for hydroxylation is 1. The SMILES string of the molecule is Cc1ccc(C(=O)CC(NC(=O)CN2Cc3ccccc3C2=O)(c2ccc(OCCCC(F)(F)F)cc2)C(F)(F)F)cc1. The summed E-state index contributed by atoms with van der Waals surface area (Å²) in [6.07, 6.45) is -12.2. The number of amides is 2. The maximum Gasteiger partial charge on any atom is 0.416 e. The number of carbonyl (C=O) groups excluding carboxylic acids is 3. The van der Waals surface area contributed by atoms with Gasteiger partial charge in [0.15, 0.2) is 11.3 Å². The second-order valence-electron chi connectivity index (χ2n) is 10.3. The van der Waals surface area contributed by atoms with Crippen molar-refractivity contribution in [3.8, 4) is 5.75 Å². The first-order valence-electron chi connectivity index (χ1n) is 13.3. The third kappa shape index (κ3) is 7.54. The van der Waals surface area contributed by atoms with Gasteiger partial charge >= 0.3 is 12.4 Å². The lowest BCUT2D eigenvalue weighted by molar-refractivity contribution is -0.202. The Hall–Kier alpha value is -4.35. The fourth-order valence-electron chi connectivity index (χ4n) is 4.83. The summed E-state index contributed by atoms with van der Waals surface area (Å²) in [6.45, 7) is 0.770. The normalized spacial score (nSPS) is 14.7. The Balaban J connectivity index is 1.61. The number of ether oxygens (including phenoxy) is 1. The number of fused-ring (bicyclic) bond motifs is 1. The van der Waals surface area contributed by atoms with Crippen LogP contribution in [0.5, 0.6) is 5.75 Å². The van der Waals surface area contributed by atoms with Crippen molar-refractivity contribution in [2.75, 3.05) is 13.2 Å². The molecule has 2 amide bonds. The molecule has 6 nitrogen and oxygen atoms in total. The van der Waals surface area contributed by atoms with E-state index < -0.39 is 60.4 Å². The Morgan fingerprint density at radius 2 is 1.56 bits per heavy atom. The largest absolute Gasteiger partial charge is 0.494 e. The van der Waals surface area contributed by atoms with E-state index in [1.54, 1.807) is 43.3 Å². The van der Waals surface area contributed by atoms with Gasteiger partial charge in [-0.25, -0.2) is 0 Å². The Bertz CT molecular complexity index is 1470. The van der Waals surface area contributed by atoms with Gasteiger partial charge in [-0.3, -0.25) is 14.4 Å². The van der Waals surface area contributed by atoms with Gasteiger partial charge in [-0.2, -0.15) is 26.3 Å². The molecule has 1 atom stereocenters. The molecule has 1 unspecified atom stereocenters. The fraction of sp³-hybridized carbons (Fsp3) is 0.323. The third-order valence-corrected chi connectivity index (χ3v) is 7.09. The molecule has 0 radical (unpaired) electrons. The quantitative estimate of drug-likeness (QED) is 0.153. The molecule has 1 aliphatic rings. The standard InChI is InChI=1S/C31H28F6N2O4/c1-20-7-9-21(10-8-20)26(40)17-29(31(35,36)37,23-11-13-24(14-12-23)43-16-4-15-30(32,33)34)38-27(41)19-39-18-22-5-2-3-6-25(22)28(39)42/h2-3,5-14H,4,15-19H2,1H3,(H,38,41). The molecule has 1 N–H and O–H groups in total. The predicted molar refractivity (Wildman–Crippen MR) is 144 cm³/mol. The van der Waals surface area contributed by atoms with Crippen LogP contribution >= 0.6 is 0 Å². The molecule has 228 valence electrons. The zero-order chi connectivity index (χ0) is 31.4. The van der Waals surface area contributed by atoms with Gasteiger partial charge in [-0.05, 0) is 42.7 Å². The molecule has 0 saturated heterocycles. The lowest BCUT2D eigenvalue weighted by Gasteiger charge is -2.37.